The minimum atomic E-state index is -0.188. The van der Waals surface area contributed by atoms with Crippen LogP contribution in [0.5, 0.6) is 5.88 Å². The summed E-state index contributed by atoms with van der Waals surface area (Å²) in [6.07, 6.45) is 5.36. The van der Waals surface area contributed by atoms with E-state index in [2.05, 4.69) is 20.2 Å². The van der Waals surface area contributed by atoms with Crippen LogP contribution < -0.4 is 4.74 Å². The van der Waals surface area contributed by atoms with Crippen molar-refractivity contribution in [2.75, 3.05) is 13.1 Å². The third-order valence-corrected chi connectivity index (χ3v) is 5.82. The molecule has 0 aromatic carbocycles. The van der Waals surface area contributed by atoms with Crippen LogP contribution in [0.4, 0.5) is 0 Å². The van der Waals surface area contributed by atoms with E-state index in [1.54, 1.807) is 11.8 Å². The molecule has 0 spiro atoms. The van der Waals surface area contributed by atoms with Gasteiger partial charge in [-0.25, -0.2) is 9.97 Å². The molecule has 5 heterocycles. The highest BCUT2D eigenvalue weighted by atomic mass is 16.5. The van der Waals surface area contributed by atoms with Gasteiger partial charge >= 0.3 is 0 Å². The van der Waals surface area contributed by atoms with Gasteiger partial charge in [0.2, 0.25) is 5.88 Å². The van der Waals surface area contributed by atoms with Gasteiger partial charge in [0, 0.05) is 32.8 Å². The molecule has 0 aliphatic carbocycles. The fraction of sp³-hybridized carbons (Fsp3) is 0.429. The summed E-state index contributed by atoms with van der Waals surface area (Å²) in [6.45, 7) is 7.59. The van der Waals surface area contributed by atoms with Gasteiger partial charge in [0.05, 0.1) is 23.5 Å². The van der Waals surface area contributed by atoms with Gasteiger partial charge in [-0.15, -0.1) is 0 Å². The van der Waals surface area contributed by atoms with Gasteiger partial charge in [-0.2, -0.15) is 10.1 Å². The summed E-state index contributed by atoms with van der Waals surface area (Å²) in [5, 5.41) is 8.31. The molecule has 5 rings (SSSR count). The van der Waals surface area contributed by atoms with Crippen molar-refractivity contribution in [2.45, 2.75) is 39.8 Å². The molecule has 0 N–H and O–H groups in total. The van der Waals surface area contributed by atoms with E-state index in [9.17, 15) is 4.79 Å². The Labute approximate surface area is 184 Å². The monoisotopic (exact) mass is 436 g/mol. The highest BCUT2D eigenvalue weighted by molar-refractivity contribution is 5.95. The second-order valence-corrected chi connectivity index (χ2v) is 7.92. The van der Waals surface area contributed by atoms with E-state index in [0.717, 1.165) is 23.6 Å². The van der Waals surface area contributed by atoms with Crippen LogP contribution in [0.2, 0.25) is 0 Å². The maximum Gasteiger partial charge on any atom is 0.259 e. The molecule has 0 radical (unpaired) electrons. The molecule has 4 aromatic rings. The van der Waals surface area contributed by atoms with Crippen LogP contribution in [0.1, 0.15) is 35.1 Å². The van der Waals surface area contributed by atoms with E-state index < -0.39 is 0 Å². The number of amides is 1. The van der Waals surface area contributed by atoms with Crippen LogP contribution in [0.3, 0.4) is 0 Å². The fourth-order valence-electron chi connectivity index (χ4n) is 4.04. The van der Waals surface area contributed by atoms with Gasteiger partial charge in [-0.3, -0.25) is 9.48 Å². The third kappa shape index (κ3) is 3.29. The number of rotatable bonds is 5. The average Bonchev–Trinajstić information content (AvgIpc) is 3.56. The number of likely N-dealkylation sites (tertiary alicyclic amines) is 1. The number of carbonyl (C=O) groups is 1. The Morgan fingerprint density at radius 2 is 2.12 bits per heavy atom. The maximum atomic E-state index is 12.7. The number of nitrogens with zero attached hydrogens (tertiary/aromatic N) is 8. The van der Waals surface area contributed by atoms with Crippen molar-refractivity contribution in [3.05, 3.63) is 35.7 Å². The van der Waals surface area contributed by atoms with Crippen LogP contribution in [-0.4, -0.2) is 64.5 Å². The molecule has 11 nitrogen and oxygen atoms in total. The van der Waals surface area contributed by atoms with E-state index >= 15 is 0 Å². The van der Waals surface area contributed by atoms with Crippen LogP contribution in [-0.2, 0) is 13.6 Å². The molecule has 0 saturated carbocycles. The molecule has 1 atom stereocenters. The molecule has 0 bridgehead atoms. The van der Waals surface area contributed by atoms with Crippen molar-refractivity contribution in [3.63, 3.8) is 0 Å². The SMILES string of the molecule is CCn1cc(-c2nc3c(O[C@H]4CCN(C(=O)c5conc5C)C4)ncnc3n2C)c(C)n1. The van der Waals surface area contributed by atoms with Crippen LogP contribution in [0, 0.1) is 13.8 Å². The summed E-state index contributed by atoms with van der Waals surface area (Å²) in [4.78, 5) is 28.0. The Morgan fingerprint density at radius 3 is 2.84 bits per heavy atom. The molecule has 1 aliphatic heterocycles. The molecule has 1 aliphatic rings. The van der Waals surface area contributed by atoms with E-state index in [-0.39, 0.29) is 12.0 Å². The normalized spacial score (nSPS) is 16.2. The van der Waals surface area contributed by atoms with Gasteiger partial charge in [-0.05, 0) is 20.8 Å². The Hall–Kier alpha value is -3.76. The summed E-state index contributed by atoms with van der Waals surface area (Å²) in [5.74, 6) is 1.07. The Balaban J connectivity index is 1.40. The van der Waals surface area contributed by atoms with E-state index in [4.69, 9.17) is 14.2 Å². The zero-order valence-corrected chi connectivity index (χ0v) is 18.4. The highest BCUT2D eigenvalue weighted by Gasteiger charge is 2.31. The average molecular weight is 436 g/mol. The van der Waals surface area contributed by atoms with Crippen molar-refractivity contribution < 1.29 is 14.1 Å². The van der Waals surface area contributed by atoms with Gasteiger partial charge in [0.25, 0.3) is 5.91 Å². The van der Waals surface area contributed by atoms with Crippen molar-refractivity contribution in [3.8, 4) is 17.3 Å². The third-order valence-electron chi connectivity index (χ3n) is 5.82. The van der Waals surface area contributed by atoms with Gasteiger partial charge in [0.15, 0.2) is 11.2 Å². The van der Waals surface area contributed by atoms with E-state index in [1.807, 2.05) is 36.3 Å². The van der Waals surface area contributed by atoms with Gasteiger partial charge in [-0.1, -0.05) is 5.16 Å². The van der Waals surface area contributed by atoms with Crippen molar-refractivity contribution in [1.82, 2.24) is 39.4 Å². The number of fused-ring (bicyclic) bond motifs is 1. The summed E-state index contributed by atoms with van der Waals surface area (Å²) in [7, 11) is 1.92. The number of hydrogen-bond donors (Lipinski definition) is 0. The van der Waals surface area contributed by atoms with Gasteiger partial charge in [0.1, 0.15) is 30.1 Å². The number of hydrogen-bond acceptors (Lipinski definition) is 8. The summed E-state index contributed by atoms with van der Waals surface area (Å²) < 4.78 is 14.9. The predicted octanol–water partition coefficient (Wildman–Crippen LogP) is 2.15. The van der Waals surface area contributed by atoms with Crippen molar-refractivity contribution >= 4 is 17.1 Å². The topological polar surface area (TPSA) is 117 Å². The second kappa shape index (κ2) is 7.74. The number of aryl methyl sites for hydroxylation is 4. The molecule has 11 heteroatoms. The summed E-state index contributed by atoms with van der Waals surface area (Å²) in [5.41, 5.74) is 4.18. The maximum absolute atomic E-state index is 12.7. The molecule has 1 fully saturated rings. The molecule has 1 amide bonds. The molecule has 1 saturated heterocycles. The molecular weight excluding hydrogens is 412 g/mol. The Bertz CT molecular complexity index is 1300. The first-order valence-corrected chi connectivity index (χ1v) is 10.5. The Kier molecular flexibility index (Phi) is 4.87. The van der Waals surface area contributed by atoms with Crippen molar-refractivity contribution in [1.29, 1.82) is 0 Å². The molecule has 166 valence electrons. The lowest BCUT2D eigenvalue weighted by Gasteiger charge is -2.16. The Morgan fingerprint density at radius 1 is 1.28 bits per heavy atom. The zero-order valence-electron chi connectivity index (χ0n) is 18.4. The summed E-state index contributed by atoms with van der Waals surface area (Å²) in [6, 6.07) is 0. The standard InChI is InChI=1S/C21H24N8O3/c1-5-29-9-15(12(2)25-29)18-24-17-19(27(18)4)22-11-23-20(17)32-14-6-7-28(8-14)21(30)16-10-31-26-13(16)3/h9-11,14H,5-8H2,1-4H3/t14-/m0/s1. The van der Waals surface area contributed by atoms with Crippen LogP contribution >= 0.6 is 0 Å². The molecule has 0 unspecified atom stereocenters. The lowest BCUT2D eigenvalue weighted by Crippen LogP contribution is -2.31. The van der Waals surface area contributed by atoms with Crippen LogP contribution in [0.15, 0.2) is 23.3 Å². The smallest absolute Gasteiger partial charge is 0.259 e. The highest BCUT2D eigenvalue weighted by Crippen LogP contribution is 2.30. The number of carbonyl (C=O) groups excluding carboxylic acids is 1. The largest absolute Gasteiger partial charge is 0.471 e. The second-order valence-electron chi connectivity index (χ2n) is 7.92. The number of ether oxygens (including phenoxy) is 1. The first kappa shape index (κ1) is 20.2. The van der Waals surface area contributed by atoms with Crippen LogP contribution in [0.25, 0.3) is 22.6 Å². The molecule has 4 aromatic heterocycles. The molecule has 32 heavy (non-hydrogen) atoms. The number of aromatic nitrogens is 7. The molecular formula is C21H24N8O3. The first-order chi connectivity index (χ1) is 15.5. The zero-order chi connectivity index (χ0) is 22.4. The summed E-state index contributed by atoms with van der Waals surface area (Å²) >= 11 is 0. The first-order valence-electron chi connectivity index (χ1n) is 10.5. The predicted molar refractivity (Wildman–Crippen MR) is 114 cm³/mol. The number of imidazole rings is 1. The van der Waals surface area contributed by atoms with E-state index in [0.29, 0.717) is 47.8 Å². The van der Waals surface area contributed by atoms with Crippen molar-refractivity contribution in [2.24, 2.45) is 7.05 Å². The lowest BCUT2D eigenvalue weighted by atomic mass is 10.2. The lowest BCUT2D eigenvalue weighted by molar-refractivity contribution is 0.0770. The quantitative estimate of drug-likeness (QED) is 0.467. The minimum Gasteiger partial charge on any atom is -0.471 e. The van der Waals surface area contributed by atoms with Gasteiger partial charge < -0.3 is 18.7 Å². The van der Waals surface area contributed by atoms with E-state index in [1.165, 1.54) is 12.6 Å². The minimum absolute atomic E-state index is 0.105. The fourth-order valence-corrected chi connectivity index (χ4v) is 4.04.